The van der Waals surface area contributed by atoms with Gasteiger partial charge in [0.25, 0.3) is 0 Å². The van der Waals surface area contributed by atoms with E-state index in [4.69, 9.17) is 24.8 Å². The quantitative estimate of drug-likeness (QED) is 0.167. The molecule has 53 heavy (non-hydrogen) atoms. The van der Waals surface area contributed by atoms with Crippen LogP contribution in [0.5, 0.6) is 11.5 Å². The third-order valence-corrected chi connectivity index (χ3v) is 9.99. The van der Waals surface area contributed by atoms with Gasteiger partial charge in [-0.05, 0) is 122 Å². The first-order valence-corrected chi connectivity index (χ1v) is 17.7. The highest BCUT2D eigenvalue weighted by atomic mass is 16.5. The SMILES string of the molecule is Cc1ccnc(-n2c3ccccc3c3ccc(Oc4cccc(-n5nc(-c6ccccn6)c(-c6cc(C)c(C)c(C)c6)c5-c5ccccn5)c4)cc32)c1. The largest absolute Gasteiger partial charge is 0.457 e. The molecule has 4 aromatic carbocycles. The highest BCUT2D eigenvalue weighted by Gasteiger charge is 2.25. The lowest BCUT2D eigenvalue weighted by Crippen LogP contribution is -2.01. The first kappa shape index (κ1) is 32.1. The molecule has 0 amide bonds. The summed E-state index contributed by atoms with van der Waals surface area (Å²) in [7, 11) is 0. The molecule has 0 radical (unpaired) electrons. The molecule has 7 heteroatoms. The first-order valence-electron chi connectivity index (χ1n) is 17.7. The van der Waals surface area contributed by atoms with Gasteiger partial charge in [0.2, 0.25) is 0 Å². The molecule has 5 aromatic heterocycles. The van der Waals surface area contributed by atoms with Gasteiger partial charge in [0, 0.05) is 47.1 Å². The maximum Gasteiger partial charge on any atom is 0.137 e. The summed E-state index contributed by atoms with van der Waals surface area (Å²) in [5, 5.41) is 7.60. The summed E-state index contributed by atoms with van der Waals surface area (Å²) in [4.78, 5) is 14.3. The minimum atomic E-state index is 0.684. The van der Waals surface area contributed by atoms with E-state index in [0.717, 1.165) is 73.1 Å². The molecule has 0 aliphatic rings. The molecule has 0 N–H and O–H groups in total. The summed E-state index contributed by atoms with van der Waals surface area (Å²) in [5.74, 6) is 2.27. The van der Waals surface area contributed by atoms with Crippen molar-refractivity contribution >= 4 is 21.8 Å². The zero-order valence-electron chi connectivity index (χ0n) is 29.9. The third kappa shape index (κ3) is 5.72. The van der Waals surface area contributed by atoms with Crippen molar-refractivity contribution in [2.75, 3.05) is 0 Å². The predicted molar refractivity (Wildman–Crippen MR) is 213 cm³/mol. The Hall–Kier alpha value is -6.86. The number of hydrogen-bond acceptors (Lipinski definition) is 5. The molecular weight excluding hydrogens is 653 g/mol. The molecule has 9 aromatic rings. The Balaban J connectivity index is 1.20. The number of aromatic nitrogens is 6. The van der Waals surface area contributed by atoms with Gasteiger partial charge in [-0.2, -0.15) is 5.10 Å². The van der Waals surface area contributed by atoms with E-state index in [-0.39, 0.29) is 0 Å². The molecule has 0 aliphatic carbocycles. The molecule has 7 nitrogen and oxygen atoms in total. The molecule has 0 fully saturated rings. The topological polar surface area (TPSA) is 70.7 Å². The molecule has 256 valence electrons. The monoisotopic (exact) mass is 688 g/mol. The maximum atomic E-state index is 6.65. The molecule has 0 saturated carbocycles. The van der Waals surface area contributed by atoms with Gasteiger partial charge in [-0.1, -0.05) is 48.5 Å². The second kappa shape index (κ2) is 13.0. The molecule has 0 aliphatic heterocycles. The Morgan fingerprint density at radius 2 is 1.26 bits per heavy atom. The lowest BCUT2D eigenvalue weighted by atomic mass is 9.93. The average molecular weight is 689 g/mol. The number of hydrogen-bond donors (Lipinski definition) is 0. The van der Waals surface area contributed by atoms with Crippen LogP contribution in [-0.4, -0.2) is 29.3 Å². The lowest BCUT2D eigenvalue weighted by molar-refractivity contribution is 0.483. The van der Waals surface area contributed by atoms with Gasteiger partial charge in [0.05, 0.1) is 28.1 Å². The lowest BCUT2D eigenvalue weighted by Gasteiger charge is -2.14. The van der Waals surface area contributed by atoms with E-state index >= 15 is 0 Å². The van der Waals surface area contributed by atoms with Crippen molar-refractivity contribution in [2.45, 2.75) is 27.7 Å². The van der Waals surface area contributed by atoms with Crippen molar-refractivity contribution in [3.05, 3.63) is 168 Å². The molecule has 5 heterocycles. The number of aryl methyl sites for hydroxylation is 3. The van der Waals surface area contributed by atoms with Crippen LogP contribution < -0.4 is 4.74 Å². The predicted octanol–water partition coefficient (Wildman–Crippen LogP) is 11.2. The average Bonchev–Trinajstić information content (AvgIpc) is 3.74. The van der Waals surface area contributed by atoms with E-state index < -0.39 is 0 Å². The summed E-state index contributed by atoms with van der Waals surface area (Å²) >= 11 is 0. The summed E-state index contributed by atoms with van der Waals surface area (Å²) in [6, 6.07) is 43.3. The molecule has 0 unspecified atom stereocenters. The normalized spacial score (nSPS) is 11.4. The minimum Gasteiger partial charge on any atom is -0.457 e. The Labute approximate surface area is 307 Å². The van der Waals surface area contributed by atoms with Crippen LogP contribution in [0.1, 0.15) is 22.3 Å². The van der Waals surface area contributed by atoms with Crippen molar-refractivity contribution in [2.24, 2.45) is 0 Å². The van der Waals surface area contributed by atoms with Gasteiger partial charge < -0.3 is 4.74 Å². The number of rotatable bonds is 7. The number of pyridine rings is 3. The summed E-state index contributed by atoms with van der Waals surface area (Å²) < 4.78 is 10.8. The summed E-state index contributed by atoms with van der Waals surface area (Å²) in [5.41, 5.74) is 13.1. The Morgan fingerprint density at radius 3 is 2.02 bits per heavy atom. The summed E-state index contributed by atoms with van der Waals surface area (Å²) in [6.07, 6.45) is 5.49. The van der Waals surface area contributed by atoms with E-state index in [1.165, 1.54) is 22.1 Å². The van der Waals surface area contributed by atoms with Crippen molar-refractivity contribution in [3.63, 3.8) is 0 Å². The molecule has 0 saturated heterocycles. The number of benzene rings is 4. The van der Waals surface area contributed by atoms with Crippen LogP contribution in [0.25, 0.3) is 67.2 Å². The van der Waals surface area contributed by atoms with Crippen LogP contribution in [0.2, 0.25) is 0 Å². The van der Waals surface area contributed by atoms with E-state index in [2.05, 4.69) is 86.9 Å². The molecule has 9 rings (SSSR count). The van der Waals surface area contributed by atoms with E-state index in [1.54, 1.807) is 0 Å². The Bertz CT molecular complexity index is 2780. The van der Waals surface area contributed by atoms with Crippen molar-refractivity contribution in [3.8, 4) is 56.9 Å². The fraction of sp³-hybridized carbons (Fsp3) is 0.0870. The van der Waals surface area contributed by atoms with Crippen molar-refractivity contribution < 1.29 is 4.74 Å². The zero-order valence-corrected chi connectivity index (χ0v) is 29.9. The van der Waals surface area contributed by atoms with Gasteiger partial charge in [-0.15, -0.1) is 0 Å². The van der Waals surface area contributed by atoms with Crippen LogP contribution in [0, 0.1) is 27.7 Å². The van der Waals surface area contributed by atoms with Gasteiger partial charge >= 0.3 is 0 Å². The van der Waals surface area contributed by atoms with Gasteiger partial charge in [0.1, 0.15) is 28.7 Å². The highest BCUT2D eigenvalue weighted by molar-refractivity contribution is 6.09. The van der Waals surface area contributed by atoms with Crippen molar-refractivity contribution in [1.82, 2.24) is 29.3 Å². The fourth-order valence-corrected chi connectivity index (χ4v) is 7.20. The molecule has 0 spiro atoms. The van der Waals surface area contributed by atoms with Gasteiger partial charge in [-0.25, -0.2) is 9.67 Å². The first-order chi connectivity index (χ1) is 25.9. The van der Waals surface area contributed by atoms with E-state index in [9.17, 15) is 0 Å². The van der Waals surface area contributed by atoms with Crippen molar-refractivity contribution in [1.29, 1.82) is 0 Å². The Kier molecular flexibility index (Phi) is 7.89. The van der Waals surface area contributed by atoms with E-state index in [1.807, 2.05) is 96.1 Å². The minimum absolute atomic E-state index is 0.684. The number of para-hydroxylation sites is 1. The van der Waals surface area contributed by atoms with Crippen LogP contribution in [-0.2, 0) is 0 Å². The molecule has 0 atom stereocenters. The second-order valence-corrected chi connectivity index (χ2v) is 13.5. The van der Waals surface area contributed by atoms with Gasteiger partial charge in [0.15, 0.2) is 0 Å². The van der Waals surface area contributed by atoms with Crippen LogP contribution in [0.15, 0.2) is 146 Å². The second-order valence-electron chi connectivity index (χ2n) is 13.5. The van der Waals surface area contributed by atoms with Gasteiger partial charge in [-0.3, -0.25) is 14.5 Å². The number of fused-ring (bicyclic) bond motifs is 3. The van der Waals surface area contributed by atoms with Crippen LogP contribution >= 0.6 is 0 Å². The van der Waals surface area contributed by atoms with E-state index in [0.29, 0.717) is 5.75 Å². The zero-order chi connectivity index (χ0) is 36.1. The Morgan fingerprint density at radius 1 is 0.547 bits per heavy atom. The van der Waals surface area contributed by atoms with Crippen LogP contribution in [0.3, 0.4) is 0 Å². The number of ether oxygens (including phenoxy) is 1. The molecular formula is C46H36N6O. The summed E-state index contributed by atoms with van der Waals surface area (Å²) in [6.45, 7) is 8.57. The number of nitrogens with zero attached hydrogens (tertiary/aromatic N) is 6. The van der Waals surface area contributed by atoms with Crippen LogP contribution in [0.4, 0.5) is 0 Å². The standard InChI is InChI=1S/C46H36N6O/c1-29-20-23-49-43(24-29)51-41-17-6-5-14-37(41)38-19-18-36(28-42(38)51)53-35-13-11-12-34(27-35)52-46(40-16-8-10-22-48-40)44(33-25-30(2)32(4)31(3)26-33)45(50-52)39-15-7-9-21-47-39/h5-28H,1-4H3. The fourth-order valence-electron chi connectivity index (χ4n) is 7.20. The third-order valence-electron chi connectivity index (χ3n) is 9.99. The smallest absolute Gasteiger partial charge is 0.137 e. The maximum absolute atomic E-state index is 6.65. The molecule has 0 bridgehead atoms. The highest BCUT2D eigenvalue weighted by Crippen LogP contribution is 2.42.